The summed E-state index contributed by atoms with van der Waals surface area (Å²) in [6, 6.07) is 0. The Morgan fingerprint density at radius 3 is 2.33 bits per heavy atom. The standard InChI is InChI=1S/C10H16N2O3/c1-2-3-9(13)12-6-4-11(5-7-12)8-10(14)15/h2H,1,3-8H2,(H,14,15). The first-order valence-corrected chi connectivity index (χ1v) is 4.96. The third-order valence-corrected chi connectivity index (χ3v) is 2.40. The van der Waals surface area contributed by atoms with Crippen molar-refractivity contribution in [3.8, 4) is 0 Å². The van der Waals surface area contributed by atoms with Crippen molar-refractivity contribution >= 4 is 11.9 Å². The molecule has 0 saturated carbocycles. The molecule has 0 bridgehead atoms. The first kappa shape index (κ1) is 11.7. The predicted octanol–water partition coefficient (Wildman–Crippen LogP) is -0.209. The van der Waals surface area contributed by atoms with Crippen molar-refractivity contribution in [1.29, 1.82) is 0 Å². The Hall–Kier alpha value is -1.36. The van der Waals surface area contributed by atoms with Gasteiger partial charge in [-0.1, -0.05) is 6.08 Å². The van der Waals surface area contributed by atoms with Crippen molar-refractivity contribution in [3.05, 3.63) is 12.7 Å². The Kier molecular flexibility index (Phi) is 4.30. The van der Waals surface area contributed by atoms with E-state index < -0.39 is 5.97 Å². The van der Waals surface area contributed by atoms with Gasteiger partial charge in [0, 0.05) is 32.6 Å². The van der Waals surface area contributed by atoms with Crippen molar-refractivity contribution in [2.45, 2.75) is 6.42 Å². The Morgan fingerprint density at radius 1 is 1.27 bits per heavy atom. The maximum Gasteiger partial charge on any atom is 0.317 e. The van der Waals surface area contributed by atoms with E-state index in [1.165, 1.54) is 0 Å². The molecule has 0 aromatic heterocycles. The zero-order chi connectivity index (χ0) is 11.3. The van der Waals surface area contributed by atoms with Crippen LogP contribution in [-0.2, 0) is 9.59 Å². The molecule has 1 rings (SSSR count). The third-order valence-electron chi connectivity index (χ3n) is 2.40. The fourth-order valence-corrected chi connectivity index (χ4v) is 1.60. The van der Waals surface area contributed by atoms with Crippen molar-refractivity contribution in [2.24, 2.45) is 0 Å². The van der Waals surface area contributed by atoms with E-state index in [2.05, 4.69) is 6.58 Å². The summed E-state index contributed by atoms with van der Waals surface area (Å²) < 4.78 is 0. The molecule has 1 aliphatic rings. The van der Waals surface area contributed by atoms with E-state index >= 15 is 0 Å². The minimum atomic E-state index is -0.819. The quantitative estimate of drug-likeness (QED) is 0.655. The maximum atomic E-state index is 11.4. The van der Waals surface area contributed by atoms with Crippen LogP contribution in [0.4, 0.5) is 0 Å². The number of carboxylic acid groups (broad SMARTS) is 1. The van der Waals surface area contributed by atoms with Gasteiger partial charge in [-0.2, -0.15) is 0 Å². The van der Waals surface area contributed by atoms with Gasteiger partial charge in [-0.05, 0) is 0 Å². The number of nitrogens with zero attached hydrogens (tertiary/aromatic N) is 2. The number of hydrogen-bond donors (Lipinski definition) is 1. The number of carbonyl (C=O) groups is 2. The largest absolute Gasteiger partial charge is 0.480 e. The van der Waals surface area contributed by atoms with E-state index in [-0.39, 0.29) is 12.5 Å². The highest BCUT2D eigenvalue weighted by molar-refractivity contribution is 5.77. The Morgan fingerprint density at radius 2 is 1.87 bits per heavy atom. The number of piperazine rings is 1. The van der Waals surface area contributed by atoms with Gasteiger partial charge in [0.15, 0.2) is 0 Å². The first-order valence-electron chi connectivity index (χ1n) is 4.96. The first-order chi connectivity index (χ1) is 7.13. The molecule has 0 spiro atoms. The second-order valence-electron chi connectivity index (χ2n) is 3.54. The highest BCUT2D eigenvalue weighted by atomic mass is 16.4. The molecule has 1 fully saturated rings. The number of carbonyl (C=O) groups excluding carboxylic acids is 1. The van der Waals surface area contributed by atoms with Crippen LogP contribution in [0.3, 0.4) is 0 Å². The van der Waals surface area contributed by atoms with Crippen molar-refractivity contribution in [2.75, 3.05) is 32.7 Å². The average molecular weight is 212 g/mol. The number of hydrogen-bond acceptors (Lipinski definition) is 3. The molecule has 1 saturated heterocycles. The van der Waals surface area contributed by atoms with E-state index in [0.29, 0.717) is 32.6 Å². The highest BCUT2D eigenvalue weighted by Crippen LogP contribution is 2.03. The van der Waals surface area contributed by atoms with E-state index in [0.717, 1.165) is 0 Å². The number of rotatable bonds is 4. The maximum absolute atomic E-state index is 11.4. The summed E-state index contributed by atoms with van der Waals surface area (Å²) in [5.74, 6) is -0.749. The van der Waals surface area contributed by atoms with Gasteiger partial charge < -0.3 is 10.0 Å². The molecule has 5 heteroatoms. The molecule has 5 nitrogen and oxygen atoms in total. The van der Waals surface area contributed by atoms with Crippen molar-refractivity contribution in [1.82, 2.24) is 9.80 Å². The second kappa shape index (κ2) is 5.50. The topological polar surface area (TPSA) is 60.9 Å². The molecule has 1 aliphatic heterocycles. The van der Waals surface area contributed by atoms with Gasteiger partial charge in [0.1, 0.15) is 0 Å². The molecule has 0 radical (unpaired) electrons. The lowest BCUT2D eigenvalue weighted by Crippen LogP contribution is -2.49. The van der Waals surface area contributed by atoms with Crippen LogP contribution in [0.15, 0.2) is 12.7 Å². The van der Waals surface area contributed by atoms with Crippen molar-refractivity contribution in [3.63, 3.8) is 0 Å². The number of aliphatic carboxylic acids is 1. The lowest BCUT2D eigenvalue weighted by atomic mass is 10.2. The molecular formula is C10H16N2O3. The van der Waals surface area contributed by atoms with E-state index in [4.69, 9.17) is 5.11 Å². The van der Waals surface area contributed by atoms with Gasteiger partial charge in [-0.25, -0.2) is 0 Å². The SMILES string of the molecule is C=CCC(=O)N1CCN(CC(=O)O)CC1. The molecule has 0 aromatic carbocycles. The summed E-state index contributed by atoms with van der Waals surface area (Å²) in [7, 11) is 0. The van der Waals surface area contributed by atoms with Crippen LogP contribution < -0.4 is 0 Å². The molecule has 0 atom stereocenters. The van der Waals surface area contributed by atoms with Gasteiger partial charge in [-0.15, -0.1) is 6.58 Å². The molecule has 0 unspecified atom stereocenters. The van der Waals surface area contributed by atoms with Crippen LogP contribution in [0.5, 0.6) is 0 Å². The van der Waals surface area contributed by atoms with Crippen LogP contribution >= 0.6 is 0 Å². The smallest absolute Gasteiger partial charge is 0.317 e. The molecule has 0 aromatic rings. The zero-order valence-corrected chi connectivity index (χ0v) is 8.69. The van der Waals surface area contributed by atoms with Gasteiger partial charge >= 0.3 is 5.97 Å². The zero-order valence-electron chi connectivity index (χ0n) is 8.69. The summed E-state index contributed by atoms with van der Waals surface area (Å²) in [6.07, 6.45) is 1.95. The summed E-state index contributed by atoms with van der Waals surface area (Å²) in [5.41, 5.74) is 0. The number of carboxylic acids is 1. The highest BCUT2D eigenvalue weighted by Gasteiger charge is 2.21. The van der Waals surface area contributed by atoms with Crippen LogP contribution in [0, 0.1) is 0 Å². The van der Waals surface area contributed by atoms with Gasteiger partial charge in [0.2, 0.25) is 5.91 Å². The van der Waals surface area contributed by atoms with E-state index in [9.17, 15) is 9.59 Å². The fourth-order valence-electron chi connectivity index (χ4n) is 1.60. The molecule has 1 amide bonds. The summed E-state index contributed by atoms with van der Waals surface area (Å²) in [6.45, 7) is 6.06. The van der Waals surface area contributed by atoms with Gasteiger partial charge in [0.25, 0.3) is 0 Å². The fraction of sp³-hybridized carbons (Fsp3) is 0.600. The molecule has 15 heavy (non-hydrogen) atoms. The van der Waals surface area contributed by atoms with Crippen LogP contribution in [-0.4, -0.2) is 59.5 Å². The minimum Gasteiger partial charge on any atom is -0.480 e. The average Bonchev–Trinajstić information content (AvgIpc) is 2.18. The van der Waals surface area contributed by atoms with Gasteiger partial charge in [-0.3, -0.25) is 14.5 Å². The minimum absolute atomic E-state index is 0.0590. The molecule has 1 heterocycles. The van der Waals surface area contributed by atoms with Crippen LogP contribution in [0.25, 0.3) is 0 Å². The monoisotopic (exact) mass is 212 g/mol. The predicted molar refractivity (Wildman–Crippen MR) is 55.5 cm³/mol. The Balaban J connectivity index is 2.32. The van der Waals surface area contributed by atoms with Crippen LogP contribution in [0.2, 0.25) is 0 Å². The Bertz CT molecular complexity index is 257. The van der Waals surface area contributed by atoms with Crippen molar-refractivity contribution < 1.29 is 14.7 Å². The summed E-state index contributed by atoms with van der Waals surface area (Å²) in [4.78, 5) is 25.5. The van der Waals surface area contributed by atoms with Gasteiger partial charge in [0.05, 0.1) is 6.54 Å². The molecule has 84 valence electrons. The van der Waals surface area contributed by atoms with E-state index in [1.54, 1.807) is 11.0 Å². The molecular weight excluding hydrogens is 196 g/mol. The van der Waals surface area contributed by atoms with E-state index in [1.807, 2.05) is 4.90 Å². The summed E-state index contributed by atoms with van der Waals surface area (Å²) in [5, 5.41) is 8.59. The lowest BCUT2D eigenvalue weighted by Gasteiger charge is -2.33. The van der Waals surface area contributed by atoms with Crippen LogP contribution in [0.1, 0.15) is 6.42 Å². The second-order valence-corrected chi connectivity index (χ2v) is 3.54. The lowest BCUT2D eigenvalue weighted by molar-refractivity contribution is -0.139. The third kappa shape index (κ3) is 3.71. The normalized spacial score (nSPS) is 17.5. The summed E-state index contributed by atoms with van der Waals surface area (Å²) >= 11 is 0. The molecule has 1 N–H and O–H groups in total. The number of amides is 1. The molecule has 0 aliphatic carbocycles. The Labute approximate surface area is 89.0 Å².